The van der Waals surface area contributed by atoms with Crippen LogP contribution in [0.3, 0.4) is 0 Å². The molecular weight excluding hydrogens is 203 g/mol. The smallest absolute Gasteiger partial charge is 0.128 e. The van der Waals surface area contributed by atoms with E-state index in [1.165, 1.54) is 6.07 Å². The number of fused-ring (bicyclic) bond motifs is 1. The number of hydrogen-bond acceptors (Lipinski definition) is 1. The highest BCUT2D eigenvalue weighted by Crippen LogP contribution is 2.24. The molecule has 0 aliphatic rings. The standard InChI is InChI=1S/C13H17FN2/c1-7(2)9-5-11-12(6-10(9)14)16-13(15-11)8(3)4/h5-8H,1-4H3,(H,15,16). The lowest BCUT2D eigenvalue weighted by atomic mass is 10.0. The van der Waals surface area contributed by atoms with Gasteiger partial charge in [-0.1, -0.05) is 27.7 Å². The Morgan fingerprint density at radius 2 is 1.81 bits per heavy atom. The van der Waals surface area contributed by atoms with Crippen LogP contribution in [0.4, 0.5) is 4.39 Å². The Hall–Kier alpha value is -1.38. The topological polar surface area (TPSA) is 28.7 Å². The number of imidazole rings is 1. The average molecular weight is 220 g/mol. The summed E-state index contributed by atoms with van der Waals surface area (Å²) in [6, 6.07) is 3.39. The van der Waals surface area contributed by atoms with Gasteiger partial charge in [-0.3, -0.25) is 0 Å². The van der Waals surface area contributed by atoms with E-state index < -0.39 is 0 Å². The SMILES string of the molecule is CC(C)c1nc2cc(F)c(C(C)C)cc2[nH]1. The van der Waals surface area contributed by atoms with Gasteiger partial charge in [0.05, 0.1) is 11.0 Å². The molecule has 1 aromatic carbocycles. The van der Waals surface area contributed by atoms with Crippen molar-refractivity contribution < 1.29 is 4.39 Å². The number of nitrogens with one attached hydrogen (secondary N) is 1. The molecule has 16 heavy (non-hydrogen) atoms. The van der Waals surface area contributed by atoms with Gasteiger partial charge in [0, 0.05) is 12.0 Å². The van der Waals surface area contributed by atoms with Crippen LogP contribution in [0, 0.1) is 5.82 Å². The second-order valence-electron chi connectivity index (χ2n) is 4.82. The Morgan fingerprint density at radius 3 is 2.38 bits per heavy atom. The molecule has 0 amide bonds. The molecule has 1 N–H and O–H groups in total. The molecule has 0 radical (unpaired) electrons. The number of nitrogens with zero attached hydrogens (tertiary/aromatic N) is 1. The van der Waals surface area contributed by atoms with E-state index in [9.17, 15) is 4.39 Å². The van der Waals surface area contributed by atoms with E-state index in [0.717, 1.165) is 16.9 Å². The predicted octanol–water partition coefficient (Wildman–Crippen LogP) is 3.95. The first-order valence-corrected chi connectivity index (χ1v) is 5.68. The maximum absolute atomic E-state index is 13.7. The molecule has 0 unspecified atom stereocenters. The van der Waals surface area contributed by atoms with Crippen LogP contribution < -0.4 is 0 Å². The molecule has 0 aliphatic carbocycles. The van der Waals surface area contributed by atoms with E-state index in [2.05, 4.69) is 23.8 Å². The summed E-state index contributed by atoms with van der Waals surface area (Å²) in [6.45, 7) is 8.11. The second kappa shape index (κ2) is 3.89. The number of aromatic nitrogens is 2. The van der Waals surface area contributed by atoms with Crippen molar-refractivity contribution in [1.82, 2.24) is 9.97 Å². The van der Waals surface area contributed by atoms with Crippen LogP contribution in [0.5, 0.6) is 0 Å². The van der Waals surface area contributed by atoms with Crippen molar-refractivity contribution in [3.63, 3.8) is 0 Å². The zero-order valence-corrected chi connectivity index (χ0v) is 10.1. The minimum Gasteiger partial charge on any atom is -0.342 e. The third-order valence-electron chi connectivity index (χ3n) is 2.79. The maximum atomic E-state index is 13.7. The van der Waals surface area contributed by atoms with Crippen molar-refractivity contribution in [3.05, 3.63) is 29.3 Å². The van der Waals surface area contributed by atoms with Gasteiger partial charge in [-0.15, -0.1) is 0 Å². The Kier molecular flexibility index (Phi) is 2.70. The highest BCUT2D eigenvalue weighted by molar-refractivity contribution is 5.76. The highest BCUT2D eigenvalue weighted by atomic mass is 19.1. The number of H-pyrrole nitrogens is 1. The summed E-state index contributed by atoms with van der Waals surface area (Å²) in [5.74, 6) is 1.27. The fraction of sp³-hybridized carbons (Fsp3) is 0.462. The molecule has 2 aromatic rings. The summed E-state index contributed by atoms with van der Waals surface area (Å²) in [7, 11) is 0. The minimum atomic E-state index is -0.163. The molecule has 0 fully saturated rings. The largest absolute Gasteiger partial charge is 0.342 e. The summed E-state index contributed by atoms with van der Waals surface area (Å²) < 4.78 is 13.7. The van der Waals surface area contributed by atoms with E-state index in [1.807, 2.05) is 19.9 Å². The quantitative estimate of drug-likeness (QED) is 0.815. The van der Waals surface area contributed by atoms with E-state index in [1.54, 1.807) is 0 Å². The number of aromatic amines is 1. The summed E-state index contributed by atoms with van der Waals surface area (Å²) in [4.78, 5) is 7.62. The van der Waals surface area contributed by atoms with Crippen molar-refractivity contribution in [2.75, 3.05) is 0 Å². The zero-order chi connectivity index (χ0) is 11.9. The third kappa shape index (κ3) is 1.82. The molecule has 2 nitrogen and oxygen atoms in total. The van der Waals surface area contributed by atoms with E-state index in [4.69, 9.17) is 0 Å². The molecule has 1 heterocycles. The Bertz CT molecular complexity index is 512. The monoisotopic (exact) mass is 220 g/mol. The van der Waals surface area contributed by atoms with Gasteiger partial charge in [-0.2, -0.15) is 0 Å². The number of benzene rings is 1. The lowest BCUT2D eigenvalue weighted by Gasteiger charge is -2.05. The molecule has 0 spiro atoms. The van der Waals surface area contributed by atoms with Crippen molar-refractivity contribution in [1.29, 1.82) is 0 Å². The number of halogens is 1. The van der Waals surface area contributed by atoms with E-state index in [-0.39, 0.29) is 11.7 Å². The fourth-order valence-corrected chi connectivity index (χ4v) is 1.78. The summed E-state index contributed by atoms with van der Waals surface area (Å²) in [6.07, 6.45) is 0. The molecule has 0 saturated heterocycles. The lowest BCUT2D eigenvalue weighted by Crippen LogP contribution is -1.92. The van der Waals surface area contributed by atoms with Crippen molar-refractivity contribution >= 4 is 11.0 Å². The molecule has 0 saturated carbocycles. The number of rotatable bonds is 2. The zero-order valence-electron chi connectivity index (χ0n) is 10.1. The molecule has 2 rings (SSSR count). The second-order valence-corrected chi connectivity index (χ2v) is 4.82. The van der Waals surface area contributed by atoms with Gasteiger partial charge >= 0.3 is 0 Å². The Balaban J connectivity index is 2.61. The molecule has 3 heteroatoms. The Morgan fingerprint density at radius 1 is 1.12 bits per heavy atom. The van der Waals surface area contributed by atoms with Crippen molar-refractivity contribution in [2.24, 2.45) is 0 Å². The molecule has 1 aromatic heterocycles. The molecule has 0 atom stereocenters. The van der Waals surface area contributed by atoms with Crippen LogP contribution in [0.25, 0.3) is 11.0 Å². The molecule has 0 bridgehead atoms. The van der Waals surface area contributed by atoms with E-state index >= 15 is 0 Å². The lowest BCUT2D eigenvalue weighted by molar-refractivity contribution is 0.600. The summed E-state index contributed by atoms with van der Waals surface area (Å²) >= 11 is 0. The maximum Gasteiger partial charge on any atom is 0.128 e. The predicted molar refractivity (Wildman–Crippen MR) is 64.2 cm³/mol. The van der Waals surface area contributed by atoms with E-state index in [0.29, 0.717) is 11.4 Å². The highest BCUT2D eigenvalue weighted by Gasteiger charge is 2.12. The summed E-state index contributed by atoms with van der Waals surface area (Å²) in [5, 5.41) is 0. The van der Waals surface area contributed by atoms with Gasteiger partial charge in [0.15, 0.2) is 0 Å². The third-order valence-corrected chi connectivity index (χ3v) is 2.79. The van der Waals surface area contributed by atoms with Crippen LogP contribution in [0.15, 0.2) is 12.1 Å². The normalized spacial score (nSPS) is 11.9. The van der Waals surface area contributed by atoms with Crippen LogP contribution >= 0.6 is 0 Å². The van der Waals surface area contributed by atoms with Gasteiger partial charge in [-0.25, -0.2) is 9.37 Å². The van der Waals surface area contributed by atoms with Crippen LogP contribution in [-0.2, 0) is 0 Å². The molecule has 86 valence electrons. The summed E-state index contributed by atoms with van der Waals surface area (Å²) in [5.41, 5.74) is 2.38. The minimum absolute atomic E-state index is 0.163. The van der Waals surface area contributed by atoms with Crippen molar-refractivity contribution in [2.45, 2.75) is 39.5 Å². The molecule has 0 aliphatic heterocycles. The van der Waals surface area contributed by atoms with Gasteiger partial charge in [0.1, 0.15) is 11.6 Å². The fourth-order valence-electron chi connectivity index (χ4n) is 1.78. The Labute approximate surface area is 94.9 Å². The van der Waals surface area contributed by atoms with Crippen molar-refractivity contribution in [3.8, 4) is 0 Å². The van der Waals surface area contributed by atoms with Gasteiger partial charge in [0.25, 0.3) is 0 Å². The number of hydrogen-bond donors (Lipinski definition) is 1. The first kappa shape index (κ1) is 11.1. The van der Waals surface area contributed by atoms with Gasteiger partial charge < -0.3 is 4.98 Å². The van der Waals surface area contributed by atoms with Gasteiger partial charge in [0.2, 0.25) is 0 Å². The first-order chi connectivity index (χ1) is 7.49. The average Bonchev–Trinajstić information content (AvgIpc) is 2.58. The van der Waals surface area contributed by atoms with Gasteiger partial charge in [-0.05, 0) is 17.5 Å². The van der Waals surface area contributed by atoms with Crippen LogP contribution in [-0.4, -0.2) is 9.97 Å². The first-order valence-electron chi connectivity index (χ1n) is 5.68. The molecular formula is C13H17FN2. The van der Waals surface area contributed by atoms with Crippen LogP contribution in [0.2, 0.25) is 0 Å². The van der Waals surface area contributed by atoms with Crippen LogP contribution in [0.1, 0.15) is 50.9 Å².